The first-order valence-corrected chi connectivity index (χ1v) is 9.97. The van der Waals surface area contributed by atoms with E-state index in [0.717, 1.165) is 5.57 Å². The highest BCUT2D eigenvalue weighted by molar-refractivity contribution is 5.86. The predicted octanol–water partition coefficient (Wildman–Crippen LogP) is 3.65. The molecule has 0 radical (unpaired) electrons. The summed E-state index contributed by atoms with van der Waals surface area (Å²) in [7, 11) is 8.22. The van der Waals surface area contributed by atoms with Gasteiger partial charge in [-0.1, -0.05) is 48.6 Å². The van der Waals surface area contributed by atoms with Crippen molar-refractivity contribution in [2.45, 2.75) is 0 Å². The molecule has 0 aliphatic heterocycles. The van der Waals surface area contributed by atoms with Gasteiger partial charge in [0.05, 0.1) is 0 Å². The Morgan fingerprint density at radius 3 is 1.38 bits per heavy atom. The van der Waals surface area contributed by atoms with Gasteiger partial charge < -0.3 is 21.3 Å². The van der Waals surface area contributed by atoms with Gasteiger partial charge in [-0.25, -0.2) is 0 Å². The van der Waals surface area contributed by atoms with E-state index in [0.29, 0.717) is 13.1 Å². The molecule has 0 amide bonds. The lowest BCUT2D eigenvalue weighted by Crippen LogP contribution is -2.35. The van der Waals surface area contributed by atoms with Crippen LogP contribution in [0.2, 0.25) is 0 Å². The van der Waals surface area contributed by atoms with Crippen LogP contribution in [0, 0.1) is 5.41 Å². The van der Waals surface area contributed by atoms with Crippen LogP contribution in [0.4, 0.5) is 11.4 Å². The Balaban J connectivity index is 2.11. The Labute approximate surface area is 174 Å². The fraction of sp³-hybridized carbons (Fsp3) is 0.280. The number of nitrogens with zero attached hydrogens (tertiary/aromatic N) is 2. The third kappa shape index (κ3) is 4.44. The summed E-state index contributed by atoms with van der Waals surface area (Å²) in [4.78, 5) is 4.22. The molecule has 0 aromatic heterocycles. The smallest absolute Gasteiger partial charge is 0.0361 e. The van der Waals surface area contributed by atoms with Crippen molar-refractivity contribution in [1.82, 2.24) is 0 Å². The first-order valence-electron chi connectivity index (χ1n) is 9.97. The van der Waals surface area contributed by atoms with Gasteiger partial charge in [-0.15, -0.1) is 0 Å². The molecule has 29 heavy (non-hydrogen) atoms. The van der Waals surface area contributed by atoms with E-state index >= 15 is 0 Å². The summed E-state index contributed by atoms with van der Waals surface area (Å²) >= 11 is 0. The molecule has 2 aromatic rings. The van der Waals surface area contributed by atoms with Gasteiger partial charge >= 0.3 is 0 Å². The predicted molar refractivity (Wildman–Crippen MR) is 126 cm³/mol. The Morgan fingerprint density at radius 2 is 1.07 bits per heavy atom. The van der Waals surface area contributed by atoms with Crippen molar-refractivity contribution in [3.63, 3.8) is 0 Å². The standard InChI is InChI=1S/C25H32N4/c1-28(2)22-9-5-19(6-10-22)24(20-7-11-23(12-8-20)29(3)4)21-13-15-25(17-26,18-27)16-14-21/h5-16H,17-18,26-27H2,1-4H3. The third-order valence-corrected chi connectivity index (χ3v) is 5.58. The van der Waals surface area contributed by atoms with Crippen LogP contribution in [0.1, 0.15) is 11.1 Å². The number of benzene rings is 2. The minimum atomic E-state index is -0.252. The van der Waals surface area contributed by atoms with Gasteiger partial charge in [0.2, 0.25) is 0 Å². The summed E-state index contributed by atoms with van der Waals surface area (Å²) in [5.41, 5.74) is 18.8. The number of allylic oxidation sites excluding steroid dienone is 3. The van der Waals surface area contributed by atoms with Crippen LogP contribution in [0.15, 0.2) is 78.4 Å². The summed E-state index contributed by atoms with van der Waals surface area (Å²) in [6, 6.07) is 17.4. The fourth-order valence-corrected chi connectivity index (χ4v) is 3.50. The molecule has 2 aromatic carbocycles. The summed E-state index contributed by atoms with van der Waals surface area (Å²) in [6.07, 6.45) is 8.61. The van der Waals surface area contributed by atoms with E-state index in [9.17, 15) is 0 Å². The van der Waals surface area contributed by atoms with Gasteiger partial charge in [-0.3, -0.25) is 0 Å². The van der Waals surface area contributed by atoms with Gasteiger partial charge in [-0.2, -0.15) is 0 Å². The highest BCUT2D eigenvalue weighted by Gasteiger charge is 2.23. The molecule has 3 rings (SSSR count). The SMILES string of the molecule is CN(C)c1ccc(C(=C2C=CC(CN)(CN)C=C2)c2ccc(N(C)C)cc2)cc1. The average Bonchev–Trinajstić information content (AvgIpc) is 2.75. The molecule has 0 spiro atoms. The topological polar surface area (TPSA) is 58.5 Å². The molecule has 0 saturated carbocycles. The Morgan fingerprint density at radius 1 is 0.690 bits per heavy atom. The zero-order chi connectivity index (χ0) is 21.0. The van der Waals surface area contributed by atoms with Crippen molar-refractivity contribution in [3.05, 3.63) is 89.5 Å². The van der Waals surface area contributed by atoms with E-state index < -0.39 is 0 Å². The van der Waals surface area contributed by atoms with Gasteiger partial charge in [0.1, 0.15) is 0 Å². The molecule has 0 heterocycles. The number of rotatable bonds is 6. The van der Waals surface area contributed by atoms with E-state index in [1.54, 1.807) is 0 Å². The quantitative estimate of drug-likeness (QED) is 0.793. The zero-order valence-corrected chi connectivity index (χ0v) is 17.9. The first kappa shape index (κ1) is 20.9. The second-order valence-corrected chi connectivity index (χ2v) is 8.02. The maximum absolute atomic E-state index is 5.97. The molecule has 4 nitrogen and oxygen atoms in total. The van der Waals surface area contributed by atoms with Crippen molar-refractivity contribution in [2.75, 3.05) is 51.1 Å². The lowest BCUT2D eigenvalue weighted by atomic mass is 9.81. The number of anilines is 2. The lowest BCUT2D eigenvalue weighted by Gasteiger charge is -2.27. The van der Waals surface area contributed by atoms with Crippen LogP contribution in [-0.2, 0) is 0 Å². The van der Waals surface area contributed by atoms with Crippen LogP contribution in [-0.4, -0.2) is 41.3 Å². The largest absolute Gasteiger partial charge is 0.378 e. The monoisotopic (exact) mass is 388 g/mol. The maximum Gasteiger partial charge on any atom is 0.0361 e. The highest BCUT2D eigenvalue weighted by Crippen LogP contribution is 2.34. The van der Waals surface area contributed by atoms with Crippen LogP contribution < -0.4 is 21.3 Å². The van der Waals surface area contributed by atoms with E-state index in [2.05, 4.69) is 111 Å². The molecule has 0 fully saturated rings. The van der Waals surface area contributed by atoms with E-state index in [1.165, 1.54) is 28.1 Å². The molecule has 0 saturated heterocycles. The summed E-state index contributed by atoms with van der Waals surface area (Å²) in [6.45, 7) is 1.02. The van der Waals surface area contributed by atoms with E-state index in [4.69, 9.17) is 11.5 Å². The van der Waals surface area contributed by atoms with Crippen LogP contribution >= 0.6 is 0 Å². The zero-order valence-electron chi connectivity index (χ0n) is 17.9. The molecule has 152 valence electrons. The highest BCUT2D eigenvalue weighted by atomic mass is 15.1. The van der Waals surface area contributed by atoms with Crippen molar-refractivity contribution in [3.8, 4) is 0 Å². The summed E-state index contributed by atoms with van der Waals surface area (Å²) in [5, 5.41) is 0. The summed E-state index contributed by atoms with van der Waals surface area (Å²) in [5.74, 6) is 0. The molecular weight excluding hydrogens is 356 g/mol. The molecule has 1 aliphatic carbocycles. The van der Waals surface area contributed by atoms with Crippen molar-refractivity contribution in [2.24, 2.45) is 16.9 Å². The second kappa shape index (κ2) is 8.68. The number of hydrogen-bond acceptors (Lipinski definition) is 4. The minimum absolute atomic E-state index is 0.252. The maximum atomic E-state index is 5.97. The van der Waals surface area contributed by atoms with Crippen LogP contribution in [0.3, 0.4) is 0 Å². The van der Waals surface area contributed by atoms with Gasteiger partial charge in [0, 0.05) is 58.1 Å². The first-order chi connectivity index (χ1) is 13.9. The van der Waals surface area contributed by atoms with Gasteiger partial charge in [-0.05, 0) is 46.5 Å². The van der Waals surface area contributed by atoms with Gasteiger partial charge in [0.15, 0.2) is 0 Å². The number of hydrogen-bond donors (Lipinski definition) is 2. The Bertz CT molecular complexity index is 841. The fourth-order valence-electron chi connectivity index (χ4n) is 3.50. The Hall–Kier alpha value is -2.82. The van der Waals surface area contributed by atoms with Crippen molar-refractivity contribution >= 4 is 16.9 Å². The van der Waals surface area contributed by atoms with E-state index in [-0.39, 0.29) is 5.41 Å². The average molecular weight is 389 g/mol. The molecular formula is C25H32N4. The lowest BCUT2D eigenvalue weighted by molar-refractivity contribution is 0.515. The minimum Gasteiger partial charge on any atom is -0.378 e. The number of nitrogens with two attached hydrogens (primary N) is 2. The molecule has 0 unspecified atom stereocenters. The van der Waals surface area contributed by atoms with Crippen molar-refractivity contribution < 1.29 is 0 Å². The molecule has 1 aliphatic rings. The second-order valence-electron chi connectivity index (χ2n) is 8.02. The van der Waals surface area contributed by atoms with Crippen LogP contribution in [0.5, 0.6) is 0 Å². The Kier molecular flexibility index (Phi) is 6.26. The van der Waals surface area contributed by atoms with Crippen LogP contribution in [0.25, 0.3) is 5.57 Å². The molecule has 4 N–H and O–H groups in total. The normalized spacial score (nSPS) is 14.8. The van der Waals surface area contributed by atoms with E-state index in [1.807, 2.05) is 0 Å². The third-order valence-electron chi connectivity index (χ3n) is 5.58. The molecule has 0 atom stereocenters. The molecule has 0 bridgehead atoms. The van der Waals surface area contributed by atoms with Crippen molar-refractivity contribution in [1.29, 1.82) is 0 Å². The molecule has 4 heteroatoms. The summed E-state index contributed by atoms with van der Waals surface area (Å²) < 4.78 is 0. The van der Waals surface area contributed by atoms with Gasteiger partial charge in [0.25, 0.3) is 0 Å².